The highest BCUT2D eigenvalue weighted by molar-refractivity contribution is 5.69. The van der Waals surface area contributed by atoms with Crippen molar-refractivity contribution in [3.05, 3.63) is 48.4 Å². The van der Waals surface area contributed by atoms with E-state index < -0.39 is 5.82 Å². The molecule has 154 valence electrons. The average molecular weight is 410 g/mol. The van der Waals surface area contributed by atoms with E-state index in [1.54, 1.807) is 49.2 Å². The van der Waals surface area contributed by atoms with Crippen molar-refractivity contribution in [3.8, 4) is 45.8 Å². The summed E-state index contributed by atoms with van der Waals surface area (Å²) in [6.07, 6.45) is 1.63. The van der Waals surface area contributed by atoms with Gasteiger partial charge in [-0.3, -0.25) is 0 Å². The second-order valence-corrected chi connectivity index (χ2v) is 6.24. The Bertz CT molecular complexity index is 1200. The Hall–Kier alpha value is -3.88. The van der Waals surface area contributed by atoms with E-state index in [0.29, 0.717) is 45.7 Å². The quantitative estimate of drug-likeness (QED) is 0.480. The van der Waals surface area contributed by atoms with Gasteiger partial charge in [0.1, 0.15) is 0 Å². The van der Waals surface area contributed by atoms with Gasteiger partial charge in [-0.2, -0.15) is 4.52 Å². The third kappa shape index (κ3) is 3.24. The van der Waals surface area contributed by atoms with Gasteiger partial charge in [-0.05, 0) is 30.3 Å². The number of benzene rings is 2. The lowest BCUT2D eigenvalue weighted by molar-refractivity contribution is 0.324. The number of methoxy groups -OCH3 is 4. The molecule has 0 saturated heterocycles. The van der Waals surface area contributed by atoms with Crippen molar-refractivity contribution in [2.45, 2.75) is 0 Å². The average Bonchev–Trinajstić information content (AvgIpc) is 3.22. The fraction of sp³-hybridized carbons (Fsp3) is 0.190. The van der Waals surface area contributed by atoms with Gasteiger partial charge in [-0.25, -0.2) is 14.4 Å². The van der Waals surface area contributed by atoms with Crippen LogP contribution in [0.15, 0.2) is 42.6 Å². The maximum atomic E-state index is 14.1. The van der Waals surface area contributed by atoms with Gasteiger partial charge in [0.05, 0.1) is 28.4 Å². The number of hydrogen-bond acceptors (Lipinski definition) is 7. The zero-order chi connectivity index (χ0) is 21.3. The maximum Gasteiger partial charge on any atom is 0.203 e. The van der Waals surface area contributed by atoms with Gasteiger partial charge < -0.3 is 18.9 Å². The minimum atomic E-state index is -0.489. The van der Waals surface area contributed by atoms with Crippen LogP contribution in [0.2, 0.25) is 0 Å². The molecule has 30 heavy (non-hydrogen) atoms. The second kappa shape index (κ2) is 7.86. The van der Waals surface area contributed by atoms with Crippen LogP contribution < -0.4 is 18.9 Å². The third-order valence-electron chi connectivity index (χ3n) is 4.59. The van der Waals surface area contributed by atoms with E-state index in [0.717, 1.165) is 0 Å². The van der Waals surface area contributed by atoms with E-state index >= 15 is 0 Å². The third-order valence-corrected chi connectivity index (χ3v) is 4.59. The molecule has 0 unspecified atom stereocenters. The number of halogens is 1. The van der Waals surface area contributed by atoms with Crippen molar-refractivity contribution >= 4 is 5.65 Å². The van der Waals surface area contributed by atoms with Gasteiger partial charge in [0.2, 0.25) is 5.75 Å². The molecule has 0 atom stereocenters. The van der Waals surface area contributed by atoms with Crippen LogP contribution in [0.1, 0.15) is 0 Å². The summed E-state index contributed by atoms with van der Waals surface area (Å²) < 4.78 is 36.9. The molecule has 4 rings (SSSR count). The topological polar surface area (TPSA) is 80.0 Å². The Balaban J connectivity index is 1.87. The zero-order valence-corrected chi connectivity index (χ0v) is 16.8. The number of nitrogens with zero attached hydrogens (tertiary/aromatic N) is 4. The number of rotatable bonds is 6. The molecule has 0 fully saturated rings. The van der Waals surface area contributed by atoms with Crippen molar-refractivity contribution in [1.29, 1.82) is 0 Å². The van der Waals surface area contributed by atoms with Gasteiger partial charge in [0, 0.05) is 23.4 Å². The van der Waals surface area contributed by atoms with Crippen LogP contribution in [0.25, 0.3) is 28.4 Å². The summed E-state index contributed by atoms with van der Waals surface area (Å²) in [5.74, 6) is 1.99. The highest BCUT2D eigenvalue weighted by atomic mass is 19.1. The summed E-state index contributed by atoms with van der Waals surface area (Å²) in [7, 11) is 6.04. The first-order valence-electron chi connectivity index (χ1n) is 8.95. The molecule has 0 aliphatic rings. The summed E-state index contributed by atoms with van der Waals surface area (Å²) in [6, 6.07) is 9.84. The molecule has 0 aliphatic heterocycles. The predicted molar refractivity (Wildman–Crippen MR) is 108 cm³/mol. The first-order chi connectivity index (χ1) is 14.6. The number of hydrogen-bond donors (Lipinski definition) is 0. The smallest absolute Gasteiger partial charge is 0.203 e. The lowest BCUT2D eigenvalue weighted by atomic mass is 10.1. The molecule has 0 N–H and O–H groups in total. The molecule has 0 radical (unpaired) electrons. The highest BCUT2D eigenvalue weighted by Crippen LogP contribution is 2.40. The van der Waals surface area contributed by atoms with Gasteiger partial charge >= 0.3 is 0 Å². The molecule has 8 nitrogen and oxygen atoms in total. The van der Waals surface area contributed by atoms with Crippen molar-refractivity contribution in [2.75, 3.05) is 28.4 Å². The van der Waals surface area contributed by atoms with Gasteiger partial charge in [-0.15, -0.1) is 5.10 Å². The van der Waals surface area contributed by atoms with Crippen LogP contribution in [-0.2, 0) is 0 Å². The number of aromatic nitrogens is 4. The minimum absolute atomic E-state index is 0.155. The number of fused-ring (bicyclic) bond motifs is 1. The van der Waals surface area contributed by atoms with E-state index in [1.807, 2.05) is 0 Å². The Morgan fingerprint density at radius 3 is 2.10 bits per heavy atom. The van der Waals surface area contributed by atoms with Crippen LogP contribution in [0.4, 0.5) is 4.39 Å². The Morgan fingerprint density at radius 2 is 1.50 bits per heavy atom. The summed E-state index contributed by atoms with van der Waals surface area (Å²) in [6.45, 7) is 0. The van der Waals surface area contributed by atoms with Gasteiger partial charge in [-0.1, -0.05) is 0 Å². The van der Waals surface area contributed by atoms with Crippen LogP contribution in [0.5, 0.6) is 23.0 Å². The summed E-state index contributed by atoms with van der Waals surface area (Å²) >= 11 is 0. The van der Waals surface area contributed by atoms with Gasteiger partial charge in [0.25, 0.3) is 0 Å². The van der Waals surface area contributed by atoms with E-state index in [2.05, 4.69) is 15.1 Å². The summed E-state index contributed by atoms with van der Waals surface area (Å²) in [5.41, 5.74) is 1.76. The predicted octanol–water partition coefficient (Wildman–Crippen LogP) is 3.63. The highest BCUT2D eigenvalue weighted by Gasteiger charge is 2.18. The molecule has 2 aromatic heterocycles. The van der Waals surface area contributed by atoms with Crippen LogP contribution in [0, 0.1) is 5.82 Å². The Morgan fingerprint density at radius 1 is 0.800 bits per heavy atom. The van der Waals surface area contributed by atoms with E-state index in [9.17, 15) is 4.39 Å². The molecule has 0 saturated carbocycles. The molecule has 0 spiro atoms. The van der Waals surface area contributed by atoms with Crippen molar-refractivity contribution in [3.63, 3.8) is 0 Å². The van der Waals surface area contributed by atoms with Crippen LogP contribution in [-0.4, -0.2) is 48.0 Å². The molecule has 2 aromatic carbocycles. The van der Waals surface area contributed by atoms with E-state index in [4.69, 9.17) is 18.9 Å². The van der Waals surface area contributed by atoms with Gasteiger partial charge in [0.15, 0.2) is 40.4 Å². The molecule has 0 amide bonds. The lowest BCUT2D eigenvalue weighted by Crippen LogP contribution is -2.00. The van der Waals surface area contributed by atoms with Crippen LogP contribution in [0.3, 0.4) is 0 Å². The SMILES string of the molecule is COc1ccc(-c2nc3ccnc(-c4cc(OC)c(OC)c(OC)c4)n3n2)cc1F. The summed E-state index contributed by atoms with van der Waals surface area (Å²) in [5, 5.41) is 4.53. The Kier molecular flexibility index (Phi) is 5.09. The molecule has 2 heterocycles. The first-order valence-corrected chi connectivity index (χ1v) is 8.95. The van der Waals surface area contributed by atoms with E-state index in [1.165, 1.54) is 26.4 Å². The molecule has 4 aromatic rings. The lowest BCUT2D eigenvalue weighted by Gasteiger charge is -2.14. The van der Waals surface area contributed by atoms with Crippen LogP contribution >= 0.6 is 0 Å². The molecule has 0 aliphatic carbocycles. The second-order valence-electron chi connectivity index (χ2n) is 6.24. The monoisotopic (exact) mass is 410 g/mol. The zero-order valence-electron chi connectivity index (χ0n) is 16.8. The number of ether oxygens (including phenoxy) is 4. The van der Waals surface area contributed by atoms with E-state index in [-0.39, 0.29) is 5.75 Å². The molecular weight excluding hydrogens is 391 g/mol. The fourth-order valence-corrected chi connectivity index (χ4v) is 3.15. The summed E-state index contributed by atoms with van der Waals surface area (Å²) in [4.78, 5) is 8.95. The standard InChI is InChI=1S/C21H19FN4O4/c1-27-15-6-5-12(9-14(15)22)20-24-18-7-8-23-21(26(18)25-20)13-10-16(28-2)19(30-4)17(11-13)29-3/h5-11H,1-4H3. The van der Waals surface area contributed by atoms with Crippen molar-refractivity contribution < 1.29 is 23.3 Å². The fourth-order valence-electron chi connectivity index (χ4n) is 3.15. The maximum absolute atomic E-state index is 14.1. The largest absolute Gasteiger partial charge is 0.494 e. The van der Waals surface area contributed by atoms with Crippen molar-refractivity contribution in [1.82, 2.24) is 19.6 Å². The normalized spacial score (nSPS) is 10.8. The first kappa shape index (κ1) is 19.4. The molecule has 9 heteroatoms. The molecular formula is C21H19FN4O4. The van der Waals surface area contributed by atoms with Crippen molar-refractivity contribution in [2.24, 2.45) is 0 Å². The minimum Gasteiger partial charge on any atom is -0.494 e. The Labute approximate surface area is 171 Å². The molecule has 0 bridgehead atoms.